The largest absolute Gasteiger partial charge is 0.488 e. The first-order valence-electron chi connectivity index (χ1n) is 15.4. The van der Waals surface area contributed by atoms with Crippen molar-refractivity contribution in [2.45, 2.75) is 50.7 Å². The second-order valence-electron chi connectivity index (χ2n) is 11.5. The number of nitrogens with one attached hydrogen (secondary N) is 2. The highest BCUT2D eigenvalue weighted by Crippen LogP contribution is 2.33. The first kappa shape index (κ1) is 34.1. The van der Waals surface area contributed by atoms with Crippen molar-refractivity contribution in [3.8, 4) is 5.75 Å². The Morgan fingerprint density at radius 2 is 1.74 bits per heavy atom. The van der Waals surface area contributed by atoms with Crippen molar-refractivity contribution in [3.63, 3.8) is 0 Å². The summed E-state index contributed by atoms with van der Waals surface area (Å²) in [5.41, 5.74) is 3.19. The molecule has 5 rings (SSSR count). The molecule has 3 amide bonds. The van der Waals surface area contributed by atoms with E-state index in [0.717, 1.165) is 35.6 Å². The number of anilines is 1. The Kier molecular flexibility index (Phi) is 11.3. The molecule has 3 aromatic rings. The number of alkyl carbamates (subject to hydrolysis) is 1. The number of methoxy groups -OCH3 is 1. The van der Waals surface area contributed by atoms with Crippen LogP contribution in [0.1, 0.15) is 36.0 Å². The number of carbonyl (C=O) groups excluding carboxylic acids is 3. The van der Waals surface area contributed by atoms with Crippen LogP contribution in [0.5, 0.6) is 5.75 Å². The zero-order valence-corrected chi connectivity index (χ0v) is 26.6. The van der Waals surface area contributed by atoms with Gasteiger partial charge in [0.25, 0.3) is 0 Å². The maximum absolute atomic E-state index is 14.1. The molecule has 250 valence electrons. The van der Waals surface area contributed by atoms with Gasteiger partial charge in [-0.3, -0.25) is 14.5 Å². The highest BCUT2D eigenvalue weighted by Gasteiger charge is 2.41. The van der Waals surface area contributed by atoms with Gasteiger partial charge in [0.15, 0.2) is 17.4 Å². The number of hydrogen-bond donors (Lipinski definition) is 2. The van der Waals surface area contributed by atoms with Crippen LogP contribution in [-0.4, -0.2) is 68.2 Å². The molecule has 1 saturated heterocycles. The summed E-state index contributed by atoms with van der Waals surface area (Å²) in [4.78, 5) is 42.0. The molecule has 0 aromatic heterocycles. The van der Waals surface area contributed by atoms with E-state index in [-0.39, 0.29) is 44.1 Å². The van der Waals surface area contributed by atoms with Crippen LogP contribution in [-0.2, 0) is 33.7 Å². The topological polar surface area (TPSA) is 100 Å². The van der Waals surface area contributed by atoms with Crippen LogP contribution in [0.3, 0.4) is 0 Å². The zero-order valence-electron chi connectivity index (χ0n) is 25.9. The lowest BCUT2D eigenvalue weighted by molar-refractivity contribution is -0.136. The normalized spacial score (nSPS) is 16.1. The van der Waals surface area contributed by atoms with Crippen LogP contribution in [0, 0.1) is 17.5 Å². The number of halogens is 4. The molecule has 1 saturated carbocycles. The van der Waals surface area contributed by atoms with Crippen molar-refractivity contribution in [2.24, 2.45) is 0 Å². The number of benzene rings is 3. The van der Waals surface area contributed by atoms with E-state index in [2.05, 4.69) is 15.4 Å². The molecule has 2 fully saturated rings. The molecule has 0 spiro atoms. The lowest BCUT2D eigenvalue weighted by Crippen LogP contribution is -2.61. The molecule has 2 aliphatic rings. The minimum Gasteiger partial charge on any atom is -0.488 e. The van der Waals surface area contributed by atoms with E-state index < -0.39 is 35.3 Å². The predicted molar refractivity (Wildman–Crippen MR) is 170 cm³/mol. The van der Waals surface area contributed by atoms with E-state index in [1.807, 2.05) is 24.3 Å². The van der Waals surface area contributed by atoms with Gasteiger partial charge in [0, 0.05) is 36.4 Å². The van der Waals surface area contributed by atoms with Gasteiger partial charge in [0.05, 0.1) is 20.3 Å². The number of nitrogens with zero attached hydrogens (tertiary/aromatic N) is 2. The smallest absolute Gasteiger partial charge is 0.406 e. The van der Waals surface area contributed by atoms with Gasteiger partial charge >= 0.3 is 6.09 Å². The number of hydrogen-bond acceptors (Lipinski definition) is 6. The highest BCUT2D eigenvalue weighted by molar-refractivity contribution is 6.31. The maximum Gasteiger partial charge on any atom is 0.406 e. The monoisotopic (exact) mass is 672 g/mol. The molecule has 9 nitrogen and oxygen atoms in total. The van der Waals surface area contributed by atoms with Crippen LogP contribution in [0.4, 0.5) is 23.7 Å². The summed E-state index contributed by atoms with van der Waals surface area (Å²) in [5, 5.41) is 6.25. The average Bonchev–Trinajstić information content (AvgIpc) is 3.91. The van der Waals surface area contributed by atoms with Gasteiger partial charge in [-0.1, -0.05) is 35.9 Å². The van der Waals surface area contributed by atoms with E-state index in [4.69, 9.17) is 16.3 Å². The predicted octanol–water partition coefficient (Wildman–Crippen LogP) is 5.16. The Morgan fingerprint density at radius 3 is 2.47 bits per heavy atom. The lowest BCUT2D eigenvalue weighted by atomic mass is 10.0. The van der Waals surface area contributed by atoms with Crippen LogP contribution in [0.15, 0.2) is 54.6 Å². The van der Waals surface area contributed by atoms with Crippen LogP contribution >= 0.6 is 11.6 Å². The second-order valence-corrected chi connectivity index (χ2v) is 11.9. The molecule has 1 aliphatic carbocycles. The molecule has 0 unspecified atom stereocenters. The third-order valence-corrected chi connectivity index (χ3v) is 8.51. The lowest BCUT2D eigenvalue weighted by Gasteiger charge is -2.38. The first-order valence-corrected chi connectivity index (χ1v) is 15.8. The number of carbonyl (C=O) groups is 3. The summed E-state index contributed by atoms with van der Waals surface area (Å²) in [6, 6.07) is 13.6. The molecule has 1 aliphatic heterocycles. The summed E-state index contributed by atoms with van der Waals surface area (Å²) in [6.45, 7) is 1.01. The van der Waals surface area contributed by atoms with Gasteiger partial charge in [-0.25, -0.2) is 13.6 Å². The summed E-state index contributed by atoms with van der Waals surface area (Å²) >= 11 is 6.56. The average molecular weight is 673 g/mol. The van der Waals surface area contributed by atoms with Gasteiger partial charge < -0.3 is 25.0 Å². The molecule has 13 heteroatoms. The van der Waals surface area contributed by atoms with Gasteiger partial charge in [0.2, 0.25) is 17.6 Å². The Balaban J connectivity index is 1.24. The van der Waals surface area contributed by atoms with E-state index in [9.17, 15) is 27.6 Å². The minimum absolute atomic E-state index is 0.0276. The SMILES string of the molecule is COC(=O)NCCc1ccc(Cl)c(CN(C(=O)[C@H]2CNCC(=O)N2c2ccc(CCCOc3c(F)ccc(F)c3F)cc2)C2CC2)c1. The number of ether oxygens (including phenoxy) is 2. The molecule has 3 aromatic carbocycles. The molecule has 0 radical (unpaired) electrons. The van der Waals surface area contributed by atoms with Crippen molar-refractivity contribution >= 4 is 35.2 Å². The number of piperazine rings is 1. The summed E-state index contributed by atoms with van der Waals surface area (Å²) < 4.78 is 50.8. The van der Waals surface area contributed by atoms with Gasteiger partial charge in [0.1, 0.15) is 6.04 Å². The third kappa shape index (κ3) is 8.55. The van der Waals surface area contributed by atoms with Crippen molar-refractivity contribution in [2.75, 3.05) is 38.3 Å². The fourth-order valence-corrected chi connectivity index (χ4v) is 5.71. The summed E-state index contributed by atoms with van der Waals surface area (Å²) in [7, 11) is 1.30. The van der Waals surface area contributed by atoms with Crippen molar-refractivity contribution in [3.05, 3.63) is 93.8 Å². The quantitative estimate of drug-likeness (QED) is 0.192. The standard InChI is InChI=1S/C34H36ClF3N4O5/c1-46-34(45)40-15-14-22-6-11-26(35)23(17-22)20-41(24-9-10-24)33(44)29-18-39-19-30(43)42(29)25-7-4-21(5-8-25)3-2-16-47-32-28(37)13-12-27(36)31(32)38/h4-8,11-13,17,24,29,39H,2-3,9-10,14-16,18-20H2,1H3,(H,40,45)/t29-/m1/s1. The molecule has 1 atom stereocenters. The van der Waals surface area contributed by atoms with Crippen molar-refractivity contribution in [1.82, 2.24) is 15.5 Å². The van der Waals surface area contributed by atoms with E-state index in [1.54, 1.807) is 23.1 Å². The fourth-order valence-electron chi connectivity index (χ4n) is 5.54. The summed E-state index contributed by atoms with van der Waals surface area (Å²) in [6.07, 6.45) is 2.67. The number of rotatable bonds is 13. The number of amides is 3. The van der Waals surface area contributed by atoms with E-state index >= 15 is 0 Å². The first-order chi connectivity index (χ1) is 22.7. The fraction of sp³-hybridized carbons (Fsp3) is 0.382. The minimum atomic E-state index is -1.36. The van der Waals surface area contributed by atoms with Gasteiger partial charge in [-0.05, 0) is 79.1 Å². The zero-order chi connectivity index (χ0) is 33.5. The van der Waals surface area contributed by atoms with E-state index in [1.165, 1.54) is 12.0 Å². The molecule has 1 heterocycles. The Bertz CT molecular complexity index is 1610. The van der Waals surface area contributed by atoms with Gasteiger partial charge in [-0.2, -0.15) is 4.39 Å². The van der Waals surface area contributed by atoms with E-state index in [0.29, 0.717) is 42.6 Å². The van der Waals surface area contributed by atoms with Crippen LogP contribution < -0.4 is 20.3 Å². The molecule has 2 N–H and O–H groups in total. The second kappa shape index (κ2) is 15.5. The Hall–Kier alpha value is -4.29. The summed E-state index contributed by atoms with van der Waals surface area (Å²) in [5.74, 6) is -4.67. The van der Waals surface area contributed by atoms with Crippen molar-refractivity contribution < 1.29 is 37.0 Å². The maximum atomic E-state index is 14.1. The Morgan fingerprint density at radius 1 is 1.02 bits per heavy atom. The molecular weight excluding hydrogens is 637 g/mol. The van der Waals surface area contributed by atoms with Crippen LogP contribution in [0.2, 0.25) is 5.02 Å². The molecule has 47 heavy (non-hydrogen) atoms. The van der Waals surface area contributed by atoms with Crippen molar-refractivity contribution in [1.29, 1.82) is 0 Å². The highest BCUT2D eigenvalue weighted by atomic mass is 35.5. The molecule has 0 bridgehead atoms. The van der Waals surface area contributed by atoms with Crippen LogP contribution in [0.25, 0.3) is 0 Å². The Labute approximate surface area is 276 Å². The van der Waals surface area contributed by atoms with Gasteiger partial charge in [-0.15, -0.1) is 0 Å². The molecular formula is C34H36ClF3N4O5. The third-order valence-electron chi connectivity index (χ3n) is 8.14. The number of aryl methyl sites for hydroxylation is 1.